The molecule has 0 spiro atoms. The summed E-state index contributed by atoms with van der Waals surface area (Å²) in [5, 5.41) is 0. The van der Waals surface area contributed by atoms with Gasteiger partial charge in [0.05, 0.1) is 0 Å². The monoisotopic (exact) mass is 358 g/mol. The Kier molecular flexibility index (Phi) is 4.80. The van der Waals surface area contributed by atoms with Gasteiger partial charge in [-0.05, 0) is 50.5 Å². The zero-order chi connectivity index (χ0) is 18.8. The van der Waals surface area contributed by atoms with Crippen molar-refractivity contribution >= 4 is 17.5 Å². The van der Waals surface area contributed by atoms with Gasteiger partial charge < -0.3 is 9.80 Å². The summed E-state index contributed by atoms with van der Waals surface area (Å²) >= 11 is 0. The van der Waals surface area contributed by atoms with Crippen LogP contribution < -0.4 is 9.80 Å². The van der Waals surface area contributed by atoms with Gasteiger partial charge in [0.15, 0.2) is 0 Å². The van der Waals surface area contributed by atoms with Crippen molar-refractivity contribution < 1.29 is 0 Å². The molecule has 1 aliphatic rings. The third-order valence-electron chi connectivity index (χ3n) is 5.16. The number of aromatic nitrogens is 2. The van der Waals surface area contributed by atoms with Crippen LogP contribution in [0.4, 0.5) is 17.5 Å². The molecule has 1 atom stereocenters. The largest absolute Gasteiger partial charge is 0.350 e. The van der Waals surface area contributed by atoms with Gasteiger partial charge in [-0.2, -0.15) is 4.98 Å². The Morgan fingerprint density at radius 1 is 1.04 bits per heavy atom. The van der Waals surface area contributed by atoms with Crippen molar-refractivity contribution in [2.24, 2.45) is 0 Å². The first-order valence-electron chi connectivity index (χ1n) is 9.64. The summed E-state index contributed by atoms with van der Waals surface area (Å²) in [7, 11) is 0. The molecule has 0 amide bonds. The number of para-hydroxylation sites is 1. The van der Waals surface area contributed by atoms with E-state index in [0.29, 0.717) is 12.1 Å². The number of rotatable bonds is 5. The van der Waals surface area contributed by atoms with Crippen LogP contribution in [0, 0.1) is 0 Å². The number of anilines is 3. The fraction of sp³-hybridized carbons (Fsp3) is 0.304. The van der Waals surface area contributed by atoms with Gasteiger partial charge in [-0.3, -0.25) is 0 Å². The number of benzene rings is 2. The summed E-state index contributed by atoms with van der Waals surface area (Å²) in [4.78, 5) is 14.2. The predicted octanol–water partition coefficient (Wildman–Crippen LogP) is 4.97. The second-order valence-corrected chi connectivity index (χ2v) is 7.47. The lowest BCUT2D eigenvalue weighted by Gasteiger charge is -2.29. The van der Waals surface area contributed by atoms with E-state index in [1.807, 2.05) is 12.3 Å². The maximum Gasteiger partial charge on any atom is 0.232 e. The Hall–Kier alpha value is -2.88. The summed E-state index contributed by atoms with van der Waals surface area (Å²) in [6, 6.07) is 21.8. The van der Waals surface area contributed by atoms with Crippen LogP contribution in [0.3, 0.4) is 0 Å². The predicted molar refractivity (Wildman–Crippen MR) is 112 cm³/mol. The first-order valence-corrected chi connectivity index (χ1v) is 9.64. The van der Waals surface area contributed by atoms with Crippen LogP contribution in [0.2, 0.25) is 0 Å². The average molecular weight is 358 g/mol. The van der Waals surface area contributed by atoms with E-state index in [1.165, 1.54) is 16.8 Å². The van der Waals surface area contributed by atoms with E-state index in [0.717, 1.165) is 24.7 Å². The van der Waals surface area contributed by atoms with E-state index < -0.39 is 0 Å². The second kappa shape index (κ2) is 7.39. The molecule has 0 N–H and O–H groups in total. The molecule has 1 aliphatic heterocycles. The minimum absolute atomic E-state index is 0.344. The maximum absolute atomic E-state index is 4.96. The van der Waals surface area contributed by atoms with E-state index >= 15 is 0 Å². The van der Waals surface area contributed by atoms with Crippen molar-refractivity contribution in [3.05, 3.63) is 78.0 Å². The molecule has 0 aliphatic carbocycles. The molecule has 1 unspecified atom stereocenters. The number of fused-ring (bicyclic) bond motifs is 1. The molecule has 2 heterocycles. The van der Waals surface area contributed by atoms with Gasteiger partial charge in [0.2, 0.25) is 5.95 Å². The Morgan fingerprint density at radius 3 is 2.56 bits per heavy atom. The SMILES string of the molecule is CC(C)N(Cc1ccccc1)c1ccnc(N2c3ccccc3CC2C)n1. The lowest BCUT2D eigenvalue weighted by Crippen LogP contribution is -2.32. The fourth-order valence-electron chi connectivity index (χ4n) is 3.79. The van der Waals surface area contributed by atoms with Crippen LogP contribution in [0.25, 0.3) is 0 Å². The summed E-state index contributed by atoms with van der Waals surface area (Å²) in [6.07, 6.45) is 2.91. The molecule has 4 nitrogen and oxygen atoms in total. The summed E-state index contributed by atoms with van der Waals surface area (Å²) in [6.45, 7) is 7.48. The molecule has 0 saturated carbocycles. The highest BCUT2D eigenvalue weighted by atomic mass is 15.3. The van der Waals surface area contributed by atoms with E-state index in [1.54, 1.807) is 0 Å². The van der Waals surface area contributed by atoms with Crippen molar-refractivity contribution in [1.29, 1.82) is 0 Å². The van der Waals surface area contributed by atoms with Gasteiger partial charge in [0.25, 0.3) is 0 Å². The maximum atomic E-state index is 4.96. The molecular weight excluding hydrogens is 332 g/mol. The normalized spacial score (nSPS) is 15.9. The molecule has 138 valence electrons. The van der Waals surface area contributed by atoms with Gasteiger partial charge in [0.1, 0.15) is 5.82 Å². The molecule has 0 saturated heterocycles. The molecule has 0 fully saturated rings. The van der Waals surface area contributed by atoms with Crippen molar-refractivity contribution in [2.75, 3.05) is 9.80 Å². The molecule has 2 aromatic carbocycles. The van der Waals surface area contributed by atoms with E-state index in [9.17, 15) is 0 Å². The van der Waals surface area contributed by atoms with E-state index in [4.69, 9.17) is 4.98 Å². The van der Waals surface area contributed by atoms with Crippen LogP contribution >= 0.6 is 0 Å². The Balaban J connectivity index is 1.67. The lowest BCUT2D eigenvalue weighted by molar-refractivity contribution is 0.668. The number of nitrogens with zero attached hydrogens (tertiary/aromatic N) is 4. The topological polar surface area (TPSA) is 32.3 Å². The molecule has 3 aromatic rings. The fourth-order valence-corrected chi connectivity index (χ4v) is 3.79. The Bertz CT molecular complexity index is 907. The second-order valence-electron chi connectivity index (χ2n) is 7.47. The smallest absolute Gasteiger partial charge is 0.232 e. The molecular formula is C23H26N4. The summed E-state index contributed by atoms with van der Waals surface area (Å²) < 4.78 is 0. The van der Waals surface area contributed by atoms with Gasteiger partial charge in [0, 0.05) is 30.5 Å². The highest BCUT2D eigenvalue weighted by Gasteiger charge is 2.29. The molecule has 0 radical (unpaired) electrons. The highest BCUT2D eigenvalue weighted by molar-refractivity contribution is 5.67. The minimum atomic E-state index is 0.344. The van der Waals surface area contributed by atoms with Crippen LogP contribution in [0.15, 0.2) is 66.9 Å². The molecule has 0 bridgehead atoms. The van der Waals surface area contributed by atoms with Crippen LogP contribution in [-0.4, -0.2) is 22.1 Å². The standard InChI is InChI=1S/C23H26N4/c1-17(2)26(16-19-9-5-4-6-10-19)22-13-14-24-23(25-22)27-18(3)15-20-11-7-8-12-21(20)27/h4-14,17-18H,15-16H2,1-3H3. The van der Waals surface area contributed by atoms with Crippen molar-refractivity contribution in [3.63, 3.8) is 0 Å². The lowest BCUT2D eigenvalue weighted by atomic mass is 10.1. The van der Waals surface area contributed by atoms with Crippen molar-refractivity contribution in [3.8, 4) is 0 Å². The van der Waals surface area contributed by atoms with Crippen LogP contribution in [0.1, 0.15) is 31.9 Å². The Labute approximate surface area is 161 Å². The van der Waals surface area contributed by atoms with E-state index in [2.05, 4.69) is 90.2 Å². The first kappa shape index (κ1) is 17.5. The van der Waals surface area contributed by atoms with Gasteiger partial charge >= 0.3 is 0 Å². The van der Waals surface area contributed by atoms with E-state index in [-0.39, 0.29) is 0 Å². The zero-order valence-electron chi connectivity index (χ0n) is 16.2. The minimum Gasteiger partial charge on any atom is -0.350 e. The van der Waals surface area contributed by atoms with Gasteiger partial charge in [-0.25, -0.2) is 4.98 Å². The number of hydrogen-bond acceptors (Lipinski definition) is 4. The molecule has 1 aromatic heterocycles. The first-order chi connectivity index (χ1) is 13.1. The van der Waals surface area contributed by atoms with Gasteiger partial charge in [-0.15, -0.1) is 0 Å². The van der Waals surface area contributed by atoms with Gasteiger partial charge in [-0.1, -0.05) is 48.5 Å². The molecule has 4 heteroatoms. The average Bonchev–Trinajstić information content (AvgIpc) is 3.02. The third kappa shape index (κ3) is 3.52. The highest BCUT2D eigenvalue weighted by Crippen LogP contribution is 2.36. The molecule has 27 heavy (non-hydrogen) atoms. The summed E-state index contributed by atoms with van der Waals surface area (Å²) in [5.74, 6) is 1.75. The Morgan fingerprint density at radius 2 is 1.78 bits per heavy atom. The van der Waals surface area contributed by atoms with Crippen molar-refractivity contribution in [2.45, 2.75) is 45.8 Å². The third-order valence-corrected chi connectivity index (χ3v) is 5.16. The quantitative estimate of drug-likeness (QED) is 0.644. The summed E-state index contributed by atoms with van der Waals surface area (Å²) in [5.41, 5.74) is 3.87. The molecule has 4 rings (SSSR count). The van der Waals surface area contributed by atoms with Crippen LogP contribution in [-0.2, 0) is 13.0 Å². The zero-order valence-corrected chi connectivity index (χ0v) is 16.2. The number of hydrogen-bond donors (Lipinski definition) is 0. The van der Waals surface area contributed by atoms with Crippen LogP contribution in [0.5, 0.6) is 0 Å². The van der Waals surface area contributed by atoms with Crippen molar-refractivity contribution in [1.82, 2.24) is 9.97 Å².